The van der Waals surface area contributed by atoms with Gasteiger partial charge in [0.2, 0.25) is 0 Å². The van der Waals surface area contributed by atoms with Gasteiger partial charge >= 0.3 is 0 Å². The van der Waals surface area contributed by atoms with Crippen LogP contribution >= 0.6 is 0 Å². The Kier molecular flexibility index (Phi) is 1.01. The summed E-state index contributed by atoms with van der Waals surface area (Å²) in [5.74, 6) is 0. The fourth-order valence-electron chi connectivity index (χ4n) is 0.810. The Labute approximate surface area is 74.6 Å². The van der Waals surface area contributed by atoms with Crippen molar-refractivity contribution in [3.63, 3.8) is 0 Å². The fraction of sp³-hybridized carbons (Fsp3) is 0.600. The molecule has 62 valence electrons. The van der Waals surface area contributed by atoms with Gasteiger partial charge in [-0.05, 0) is 11.8 Å². The van der Waals surface area contributed by atoms with Crippen LogP contribution in [0.3, 0.4) is 0 Å². The molecule has 0 amide bonds. The van der Waals surface area contributed by atoms with Crippen LogP contribution in [0.4, 0.5) is 0 Å². The van der Waals surface area contributed by atoms with Gasteiger partial charge in [-0.1, -0.05) is 45.0 Å². The van der Waals surface area contributed by atoms with Gasteiger partial charge in [-0.3, -0.25) is 0 Å². The lowest BCUT2D eigenvalue weighted by molar-refractivity contribution is 0.241. The van der Waals surface area contributed by atoms with Gasteiger partial charge < -0.3 is 5.73 Å². The molecule has 0 saturated carbocycles. The van der Waals surface area contributed by atoms with Gasteiger partial charge in [0.05, 0.1) is 4.11 Å². The summed E-state index contributed by atoms with van der Waals surface area (Å²) in [6.07, 6.45) is 0.260. The summed E-state index contributed by atoms with van der Waals surface area (Å²) < 4.78 is 30.9. The van der Waals surface area contributed by atoms with Crippen molar-refractivity contribution in [2.45, 2.75) is 32.7 Å². The van der Waals surface area contributed by atoms with Gasteiger partial charge in [0.15, 0.2) is 0 Å². The molecule has 0 radical (unpaired) electrons. The third-order valence-corrected chi connectivity index (χ3v) is 1.99. The lowest BCUT2D eigenvalue weighted by Gasteiger charge is -2.39. The average Bonchev–Trinajstić information content (AvgIpc) is 2.09. The number of hydrogen-bond donors (Lipinski definition) is 1. The van der Waals surface area contributed by atoms with E-state index in [4.69, 9.17) is 11.2 Å². The summed E-state index contributed by atoms with van der Waals surface area (Å²) >= 11 is 0. The molecule has 2 N–H and O–H groups in total. The summed E-state index contributed by atoms with van der Waals surface area (Å²) in [6.45, 7) is 5.48. The monoisotopic (exact) mass is 155 g/mol. The lowest BCUT2D eigenvalue weighted by Crippen LogP contribution is -2.49. The zero-order valence-corrected chi connectivity index (χ0v) is 7.23. The maximum atomic E-state index is 7.89. The van der Waals surface area contributed by atoms with E-state index in [-0.39, 0.29) is 18.2 Å². The molecule has 1 aliphatic carbocycles. The second-order valence-electron chi connectivity index (χ2n) is 3.84. The van der Waals surface area contributed by atoms with E-state index >= 15 is 0 Å². The summed E-state index contributed by atoms with van der Waals surface area (Å²) in [7, 11) is 0. The standard InChI is InChI=1S/C10H17N/c1-9(2,3)10(11)7-5-4-6-8-10/h4-7H,8,11H2,1-3H3/i5D,6D,7D,8D. The first-order valence-corrected chi connectivity index (χ1v) is 3.69. The van der Waals surface area contributed by atoms with Crippen LogP contribution in [0.15, 0.2) is 24.2 Å². The maximum absolute atomic E-state index is 7.89. The smallest absolute Gasteiger partial charge is 0.0620 e. The molecule has 11 heavy (non-hydrogen) atoms. The predicted molar refractivity (Wildman–Crippen MR) is 49.3 cm³/mol. The largest absolute Gasteiger partial charge is 0.321 e. The van der Waals surface area contributed by atoms with Crippen molar-refractivity contribution in [2.75, 3.05) is 0 Å². The van der Waals surface area contributed by atoms with Gasteiger partial charge in [-0.25, -0.2) is 0 Å². The van der Waals surface area contributed by atoms with Crippen LogP contribution in [0.2, 0.25) is 0 Å². The normalized spacial score (nSPS) is 45.5. The number of hydrogen-bond acceptors (Lipinski definition) is 1. The molecule has 0 bridgehead atoms. The van der Waals surface area contributed by atoms with Crippen molar-refractivity contribution < 1.29 is 5.48 Å². The topological polar surface area (TPSA) is 26.0 Å². The van der Waals surface area contributed by atoms with Crippen molar-refractivity contribution >= 4 is 0 Å². The van der Waals surface area contributed by atoms with E-state index in [0.717, 1.165) is 0 Å². The Balaban J connectivity index is 3.38. The van der Waals surface area contributed by atoms with E-state index in [0.29, 0.717) is 0 Å². The minimum Gasteiger partial charge on any atom is -0.321 e. The first kappa shape index (κ1) is 4.46. The molecular weight excluding hydrogens is 134 g/mol. The molecule has 0 saturated heterocycles. The predicted octanol–water partition coefficient (Wildman–Crippen LogP) is 2.25. The van der Waals surface area contributed by atoms with Crippen molar-refractivity contribution in [1.82, 2.24) is 0 Å². The summed E-state index contributed by atoms with van der Waals surface area (Å²) in [5.41, 5.74) is 4.31. The van der Waals surface area contributed by atoms with Gasteiger partial charge in [0.25, 0.3) is 0 Å². The van der Waals surface area contributed by atoms with E-state index in [1.807, 2.05) is 20.8 Å². The molecule has 1 nitrogen and oxygen atoms in total. The van der Waals surface area contributed by atoms with E-state index in [1.165, 1.54) is 6.08 Å². The van der Waals surface area contributed by atoms with E-state index in [1.54, 1.807) is 0 Å². The molecule has 1 rings (SSSR count). The molecular formula is C10H17N. The molecule has 0 aromatic heterocycles. The highest BCUT2D eigenvalue weighted by Gasteiger charge is 2.35. The SMILES string of the molecule is [2H]C1=CC([2H])=C([2H])C(N)(C(C)(C)C)C1[2H]. The Morgan fingerprint density at radius 1 is 1.64 bits per heavy atom. The molecule has 1 heteroatoms. The third kappa shape index (κ3) is 1.54. The maximum Gasteiger partial charge on any atom is 0.0620 e. The number of nitrogens with two attached hydrogens (primary N) is 1. The van der Waals surface area contributed by atoms with E-state index < -0.39 is 17.4 Å². The van der Waals surface area contributed by atoms with Crippen LogP contribution in [0, 0.1) is 5.41 Å². The average molecular weight is 155 g/mol. The van der Waals surface area contributed by atoms with Crippen LogP contribution in [0.1, 0.15) is 32.7 Å². The van der Waals surface area contributed by atoms with Crippen molar-refractivity contribution in [1.29, 1.82) is 0 Å². The Morgan fingerprint density at radius 2 is 2.27 bits per heavy atom. The van der Waals surface area contributed by atoms with Crippen molar-refractivity contribution in [3.05, 3.63) is 24.2 Å². The minimum absolute atomic E-state index is 0.00780. The van der Waals surface area contributed by atoms with Crippen LogP contribution in [-0.2, 0) is 0 Å². The number of allylic oxidation sites excluding steroid dienone is 2. The molecule has 0 aromatic carbocycles. The second kappa shape index (κ2) is 2.49. The minimum atomic E-state index is -1.25. The Hall–Kier alpha value is -0.560. The Bertz CT molecular complexity index is 340. The van der Waals surface area contributed by atoms with Gasteiger partial charge in [-0.15, -0.1) is 0 Å². The summed E-state index contributed by atoms with van der Waals surface area (Å²) in [5, 5.41) is 0. The highest BCUT2D eigenvalue weighted by atomic mass is 14.8. The Morgan fingerprint density at radius 3 is 2.82 bits per heavy atom. The van der Waals surface area contributed by atoms with Crippen molar-refractivity contribution in [2.24, 2.45) is 11.1 Å². The molecule has 1 aliphatic rings. The highest BCUT2D eigenvalue weighted by molar-refractivity contribution is 5.23. The molecule has 0 aromatic rings. The van der Waals surface area contributed by atoms with Gasteiger partial charge in [-0.2, -0.15) is 0 Å². The molecule has 2 atom stereocenters. The quantitative estimate of drug-likeness (QED) is 0.570. The molecule has 2 unspecified atom stereocenters. The molecule has 0 fully saturated rings. The van der Waals surface area contributed by atoms with Crippen LogP contribution in [-0.4, -0.2) is 5.54 Å². The third-order valence-electron chi connectivity index (χ3n) is 1.99. The van der Waals surface area contributed by atoms with Crippen LogP contribution in [0.5, 0.6) is 0 Å². The zero-order valence-electron chi connectivity index (χ0n) is 11.2. The summed E-state index contributed by atoms with van der Waals surface area (Å²) in [4.78, 5) is 0. The fourth-order valence-corrected chi connectivity index (χ4v) is 0.810. The van der Waals surface area contributed by atoms with Crippen molar-refractivity contribution in [3.8, 4) is 0 Å². The molecule has 0 aliphatic heterocycles. The zero-order chi connectivity index (χ0) is 12.0. The lowest BCUT2D eigenvalue weighted by atomic mass is 9.71. The van der Waals surface area contributed by atoms with Gasteiger partial charge in [0.1, 0.15) is 0 Å². The van der Waals surface area contributed by atoms with E-state index in [9.17, 15) is 0 Å². The highest BCUT2D eigenvalue weighted by Crippen LogP contribution is 2.33. The van der Waals surface area contributed by atoms with Gasteiger partial charge in [0, 0.05) is 6.91 Å². The summed E-state index contributed by atoms with van der Waals surface area (Å²) in [6, 6.07) is -0.0969. The second-order valence-corrected chi connectivity index (χ2v) is 3.84. The first-order chi connectivity index (χ1) is 6.62. The van der Waals surface area contributed by atoms with Crippen LogP contribution in [0.25, 0.3) is 0 Å². The van der Waals surface area contributed by atoms with E-state index in [2.05, 4.69) is 0 Å². The molecule has 0 spiro atoms. The first-order valence-electron chi connectivity index (χ1n) is 5.77. The molecule has 0 heterocycles. The number of rotatable bonds is 0. The van der Waals surface area contributed by atoms with Crippen LogP contribution < -0.4 is 5.73 Å².